The second kappa shape index (κ2) is 16.2. The van der Waals surface area contributed by atoms with Crippen molar-refractivity contribution in [1.29, 1.82) is 0 Å². The third-order valence-corrected chi connectivity index (χ3v) is 9.46. The predicted octanol–water partition coefficient (Wildman–Crippen LogP) is 3.66. The van der Waals surface area contributed by atoms with Crippen LogP contribution in [0.1, 0.15) is 52.0 Å². The van der Waals surface area contributed by atoms with E-state index in [0.29, 0.717) is 24.2 Å². The second-order valence-corrected chi connectivity index (χ2v) is 15.5. The molecule has 1 aliphatic rings. The first kappa shape index (κ1) is 36.0. The quantitative estimate of drug-likeness (QED) is 0.229. The highest BCUT2D eigenvalue weighted by atomic mass is 32.2. The average Bonchev–Trinajstić information content (AvgIpc) is 2.94. The topological polar surface area (TPSA) is 134 Å². The van der Waals surface area contributed by atoms with Crippen molar-refractivity contribution in [2.75, 3.05) is 19.1 Å². The van der Waals surface area contributed by atoms with E-state index in [9.17, 15) is 27.5 Å². The zero-order valence-corrected chi connectivity index (χ0v) is 27.7. The summed E-state index contributed by atoms with van der Waals surface area (Å²) >= 11 is 1.21. The standard InChI is InChI=1S/C32H46FN3O6S2/c1-32(2,3)35-30(38)26-16-13-24(42-4)18-22(26)19-29(37)27(17-21-9-7-6-8-10-21)34-31(39)28(36-44(5,40)41)20-43-25-14-11-23(33)12-15-25/h6-12,14-15,22,24,26-29,36-37H,13,16-20H2,1-5H3,(H,34,39)(H,35,38)/t22?,24?,26?,27-,28+,29+/m0/s1. The van der Waals surface area contributed by atoms with Gasteiger partial charge in [0, 0.05) is 29.2 Å². The Morgan fingerprint density at radius 2 is 1.75 bits per heavy atom. The number of amides is 2. The molecule has 44 heavy (non-hydrogen) atoms. The van der Waals surface area contributed by atoms with Gasteiger partial charge in [-0.3, -0.25) is 9.59 Å². The Balaban J connectivity index is 1.82. The van der Waals surface area contributed by atoms with E-state index in [4.69, 9.17) is 4.74 Å². The van der Waals surface area contributed by atoms with E-state index in [1.165, 1.54) is 23.9 Å². The molecule has 3 unspecified atom stereocenters. The van der Waals surface area contributed by atoms with Crippen molar-refractivity contribution in [1.82, 2.24) is 15.4 Å². The highest BCUT2D eigenvalue weighted by Gasteiger charge is 2.39. The average molecular weight is 652 g/mol. The molecule has 6 atom stereocenters. The number of thioether (sulfide) groups is 1. The third kappa shape index (κ3) is 12.1. The molecule has 2 aromatic rings. The van der Waals surface area contributed by atoms with Gasteiger partial charge in [0.2, 0.25) is 21.8 Å². The van der Waals surface area contributed by atoms with Crippen molar-refractivity contribution in [3.05, 3.63) is 66.0 Å². The lowest BCUT2D eigenvalue weighted by atomic mass is 9.73. The van der Waals surface area contributed by atoms with Crippen LogP contribution < -0.4 is 15.4 Å². The summed E-state index contributed by atoms with van der Waals surface area (Å²) in [5.41, 5.74) is 0.473. The molecule has 0 heterocycles. The molecule has 1 aliphatic carbocycles. The zero-order valence-electron chi connectivity index (χ0n) is 26.1. The normalized spacial score (nSPS) is 21.2. The van der Waals surface area contributed by atoms with E-state index >= 15 is 0 Å². The second-order valence-electron chi connectivity index (χ2n) is 12.6. The summed E-state index contributed by atoms with van der Waals surface area (Å²) in [6.45, 7) is 5.78. The predicted molar refractivity (Wildman–Crippen MR) is 171 cm³/mol. The maximum absolute atomic E-state index is 13.6. The maximum atomic E-state index is 13.6. The minimum atomic E-state index is -3.76. The van der Waals surface area contributed by atoms with Gasteiger partial charge < -0.3 is 20.5 Å². The first-order valence-electron chi connectivity index (χ1n) is 14.9. The Hall–Kier alpha value is -2.51. The summed E-state index contributed by atoms with van der Waals surface area (Å²) in [6.07, 6.45) is 2.39. The van der Waals surface area contributed by atoms with Gasteiger partial charge in [0.15, 0.2) is 0 Å². The van der Waals surface area contributed by atoms with Gasteiger partial charge in [0.1, 0.15) is 11.9 Å². The summed E-state index contributed by atoms with van der Waals surface area (Å²) in [4.78, 5) is 27.6. The molecule has 12 heteroatoms. The number of aliphatic hydroxyl groups excluding tert-OH is 1. The lowest BCUT2D eigenvalue weighted by Gasteiger charge is -2.38. The molecule has 0 radical (unpaired) electrons. The fraction of sp³-hybridized carbons (Fsp3) is 0.562. The van der Waals surface area contributed by atoms with Crippen LogP contribution in [0.3, 0.4) is 0 Å². The summed E-state index contributed by atoms with van der Waals surface area (Å²) in [6, 6.07) is 13.2. The molecule has 2 amide bonds. The molecule has 9 nitrogen and oxygen atoms in total. The number of carbonyl (C=O) groups is 2. The van der Waals surface area contributed by atoms with Crippen molar-refractivity contribution in [3.63, 3.8) is 0 Å². The third-order valence-electron chi connectivity index (χ3n) is 7.64. The Morgan fingerprint density at radius 3 is 2.34 bits per heavy atom. The van der Waals surface area contributed by atoms with Crippen LogP contribution in [0.4, 0.5) is 4.39 Å². The van der Waals surface area contributed by atoms with Crippen molar-refractivity contribution in [3.8, 4) is 0 Å². The number of aliphatic hydroxyl groups is 1. The molecule has 0 spiro atoms. The monoisotopic (exact) mass is 651 g/mol. The van der Waals surface area contributed by atoms with Gasteiger partial charge in [-0.1, -0.05) is 30.3 Å². The Bertz CT molecular complexity index is 1320. The van der Waals surface area contributed by atoms with Gasteiger partial charge in [-0.2, -0.15) is 0 Å². The number of carbonyl (C=O) groups excluding carboxylic acids is 2. The molecule has 0 aliphatic heterocycles. The van der Waals surface area contributed by atoms with Gasteiger partial charge in [0.25, 0.3) is 0 Å². The van der Waals surface area contributed by atoms with Crippen LogP contribution in [-0.4, -0.2) is 74.3 Å². The smallest absolute Gasteiger partial charge is 0.239 e. The largest absolute Gasteiger partial charge is 0.391 e. The molecule has 1 fully saturated rings. The van der Waals surface area contributed by atoms with E-state index < -0.39 is 45.5 Å². The van der Waals surface area contributed by atoms with E-state index in [-0.39, 0.29) is 36.0 Å². The van der Waals surface area contributed by atoms with E-state index in [1.54, 1.807) is 19.2 Å². The minimum absolute atomic E-state index is 0.0418. The molecule has 4 N–H and O–H groups in total. The molecule has 2 aromatic carbocycles. The van der Waals surface area contributed by atoms with Crippen molar-refractivity contribution in [2.24, 2.45) is 11.8 Å². The fourth-order valence-electron chi connectivity index (χ4n) is 5.54. The van der Waals surface area contributed by atoms with Gasteiger partial charge in [-0.05, 0) is 88.6 Å². The van der Waals surface area contributed by atoms with Crippen molar-refractivity contribution in [2.45, 2.75) is 87.6 Å². The van der Waals surface area contributed by atoms with Crippen LogP contribution in [-0.2, 0) is 30.8 Å². The summed E-state index contributed by atoms with van der Waals surface area (Å²) < 4.78 is 45.8. The molecule has 3 rings (SSSR count). The first-order valence-corrected chi connectivity index (χ1v) is 17.7. The number of benzene rings is 2. The van der Waals surface area contributed by atoms with Crippen LogP contribution in [0.25, 0.3) is 0 Å². The molecule has 0 saturated heterocycles. The fourth-order valence-corrected chi connectivity index (χ4v) is 7.28. The van der Waals surface area contributed by atoms with Crippen LogP contribution in [0.15, 0.2) is 59.5 Å². The van der Waals surface area contributed by atoms with Crippen LogP contribution in [0.5, 0.6) is 0 Å². The number of ether oxygens (including phenoxy) is 1. The summed E-state index contributed by atoms with van der Waals surface area (Å²) in [5, 5.41) is 17.6. The van der Waals surface area contributed by atoms with E-state index in [1.807, 2.05) is 51.1 Å². The van der Waals surface area contributed by atoms with Gasteiger partial charge in [0.05, 0.1) is 24.5 Å². The van der Waals surface area contributed by atoms with Gasteiger partial charge in [-0.15, -0.1) is 11.8 Å². The molecular weight excluding hydrogens is 605 g/mol. The lowest BCUT2D eigenvalue weighted by Crippen LogP contribution is -2.54. The summed E-state index contributed by atoms with van der Waals surface area (Å²) in [5.74, 6) is -1.53. The number of methoxy groups -OCH3 is 1. The first-order chi connectivity index (χ1) is 20.6. The Labute approximate surface area is 265 Å². The highest BCUT2D eigenvalue weighted by Crippen LogP contribution is 2.36. The molecule has 0 aromatic heterocycles. The number of hydrogen-bond donors (Lipinski definition) is 4. The van der Waals surface area contributed by atoms with E-state index in [2.05, 4.69) is 15.4 Å². The van der Waals surface area contributed by atoms with Crippen LogP contribution in [0.2, 0.25) is 0 Å². The number of hydrogen-bond acceptors (Lipinski definition) is 7. The number of nitrogens with one attached hydrogen (secondary N) is 3. The molecule has 0 bridgehead atoms. The minimum Gasteiger partial charge on any atom is -0.391 e. The summed E-state index contributed by atoms with van der Waals surface area (Å²) in [7, 11) is -2.12. The molecular formula is C32H46FN3O6S2. The van der Waals surface area contributed by atoms with Crippen LogP contribution >= 0.6 is 11.8 Å². The highest BCUT2D eigenvalue weighted by molar-refractivity contribution is 7.99. The zero-order chi connectivity index (χ0) is 32.5. The lowest BCUT2D eigenvalue weighted by molar-refractivity contribution is -0.132. The number of halogens is 1. The Kier molecular flexibility index (Phi) is 13.2. The van der Waals surface area contributed by atoms with Gasteiger partial charge in [-0.25, -0.2) is 17.5 Å². The maximum Gasteiger partial charge on any atom is 0.239 e. The molecule has 1 saturated carbocycles. The number of rotatable bonds is 14. The van der Waals surface area contributed by atoms with Crippen molar-refractivity contribution >= 4 is 33.6 Å². The molecule has 244 valence electrons. The number of sulfonamides is 1. The van der Waals surface area contributed by atoms with E-state index in [0.717, 1.165) is 18.2 Å². The van der Waals surface area contributed by atoms with Gasteiger partial charge >= 0.3 is 0 Å². The Morgan fingerprint density at radius 1 is 1.09 bits per heavy atom. The van der Waals surface area contributed by atoms with Crippen molar-refractivity contribution < 1.29 is 32.2 Å². The SMILES string of the molecule is COC1CCC(C(=O)NC(C)(C)C)C(C[C@@H](O)[C@H](Cc2ccccc2)NC(=O)[C@@H](CSc2ccc(F)cc2)NS(C)(=O)=O)C1. The van der Waals surface area contributed by atoms with Crippen LogP contribution in [0, 0.1) is 17.7 Å².